The van der Waals surface area contributed by atoms with Gasteiger partial charge in [-0.1, -0.05) is 60.7 Å². The van der Waals surface area contributed by atoms with E-state index in [-0.39, 0.29) is 29.6 Å². The summed E-state index contributed by atoms with van der Waals surface area (Å²) in [6, 6.07) is 19.4. The number of rotatable bonds is 3. The highest BCUT2D eigenvalue weighted by Gasteiger charge is 2.47. The molecule has 1 N–H and O–H groups in total. The molecule has 152 valence electrons. The quantitative estimate of drug-likeness (QED) is 0.725. The van der Waals surface area contributed by atoms with Crippen LogP contribution in [-0.2, 0) is 4.74 Å². The first-order chi connectivity index (χ1) is 14.7. The van der Waals surface area contributed by atoms with E-state index >= 15 is 0 Å². The Morgan fingerprint density at radius 1 is 1.00 bits per heavy atom. The van der Waals surface area contributed by atoms with Crippen LogP contribution in [0.5, 0.6) is 5.75 Å². The van der Waals surface area contributed by atoms with E-state index in [0.717, 1.165) is 17.3 Å². The van der Waals surface area contributed by atoms with Crippen LogP contribution in [0.2, 0.25) is 0 Å². The summed E-state index contributed by atoms with van der Waals surface area (Å²) >= 11 is 0. The summed E-state index contributed by atoms with van der Waals surface area (Å²) in [5.74, 6) is -1.10. The van der Waals surface area contributed by atoms with Crippen LogP contribution in [0.15, 0.2) is 71.7 Å². The number of hydrogen-bond donors (Lipinski definition) is 1. The fraction of sp³-hybridized carbons (Fsp3) is 0.261. The fourth-order valence-corrected chi connectivity index (χ4v) is 4.61. The summed E-state index contributed by atoms with van der Waals surface area (Å²) in [4.78, 5) is 27.0. The highest BCUT2D eigenvalue weighted by atomic mass is 16.5. The van der Waals surface area contributed by atoms with Gasteiger partial charge in [0.1, 0.15) is 0 Å². The predicted molar refractivity (Wildman–Crippen MR) is 110 cm³/mol. The highest BCUT2D eigenvalue weighted by molar-refractivity contribution is 5.96. The number of amides is 1. The second-order valence-electron chi connectivity index (χ2n) is 7.58. The third-order valence-corrected chi connectivity index (χ3v) is 5.95. The molecule has 2 aromatic carbocycles. The van der Waals surface area contributed by atoms with E-state index in [1.807, 2.05) is 60.7 Å². The molecule has 2 aliphatic rings. The Bertz CT molecular complexity index is 1090. The second kappa shape index (κ2) is 7.42. The standard InChI is InChI=1S/C23H21N3O4/c27-18-13-24-26-20(17-14-30-12-11-25(17)23(29)21(26)22(18)28)19(15-7-3-1-4-8-15)16-9-5-2-6-10-16/h1-10,13,17,19-20,28H,11-12,14H2. The molecule has 3 heterocycles. The number of hydrogen-bond acceptors (Lipinski definition) is 5. The van der Waals surface area contributed by atoms with Gasteiger partial charge in [-0.25, -0.2) is 4.68 Å². The maximum absolute atomic E-state index is 13.2. The summed E-state index contributed by atoms with van der Waals surface area (Å²) in [6.45, 7) is 1.18. The molecule has 30 heavy (non-hydrogen) atoms. The van der Waals surface area contributed by atoms with E-state index in [0.29, 0.717) is 19.8 Å². The molecule has 5 rings (SSSR count). The van der Waals surface area contributed by atoms with Gasteiger partial charge in [-0.2, -0.15) is 5.10 Å². The molecule has 0 radical (unpaired) electrons. The zero-order valence-corrected chi connectivity index (χ0v) is 16.2. The van der Waals surface area contributed by atoms with Crippen LogP contribution >= 0.6 is 0 Å². The van der Waals surface area contributed by atoms with Crippen molar-refractivity contribution >= 4 is 5.91 Å². The predicted octanol–water partition coefficient (Wildman–Crippen LogP) is 2.18. The minimum absolute atomic E-state index is 0.0532. The Morgan fingerprint density at radius 2 is 1.63 bits per heavy atom. The number of benzene rings is 2. The first-order valence-electron chi connectivity index (χ1n) is 9.96. The summed E-state index contributed by atoms with van der Waals surface area (Å²) in [5.41, 5.74) is 1.40. The molecule has 7 heteroatoms. The first kappa shape index (κ1) is 18.6. The van der Waals surface area contributed by atoms with Crippen LogP contribution in [0.3, 0.4) is 0 Å². The number of aromatic nitrogens is 2. The zero-order valence-electron chi connectivity index (χ0n) is 16.2. The molecule has 0 aliphatic carbocycles. The number of fused-ring (bicyclic) bond motifs is 2. The van der Waals surface area contributed by atoms with Gasteiger partial charge in [-0.3, -0.25) is 9.59 Å². The minimum atomic E-state index is -0.656. The lowest BCUT2D eigenvalue weighted by molar-refractivity contribution is -0.0322. The number of morpholine rings is 1. The molecular formula is C23H21N3O4. The summed E-state index contributed by atoms with van der Waals surface area (Å²) < 4.78 is 7.28. The van der Waals surface area contributed by atoms with Crippen molar-refractivity contribution in [1.82, 2.24) is 14.7 Å². The smallest absolute Gasteiger partial charge is 0.276 e. The van der Waals surface area contributed by atoms with Gasteiger partial charge in [-0.15, -0.1) is 0 Å². The average molecular weight is 403 g/mol. The number of carbonyl (C=O) groups is 1. The van der Waals surface area contributed by atoms with E-state index in [1.165, 1.54) is 4.68 Å². The minimum Gasteiger partial charge on any atom is -0.502 e. The number of carbonyl (C=O) groups excluding carboxylic acids is 1. The van der Waals surface area contributed by atoms with Crippen LogP contribution in [0.4, 0.5) is 0 Å². The summed E-state index contributed by atoms with van der Waals surface area (Å²) in [5, 5.41) is 14.8. The van der Waals surface area contributed by atoms with Crippen LogP contribution in [-0.4, -0.2) is 51.5 Å². The van der Waals surface area contributed by atoms with E-state index in [4.69, 9.17) is 4.74 Å². The third kappa shape index (κ3) is 2.90. The lowest BCUT2D eigenvalue weighted by atomic mass is 9.80. The Morgan fingerprint density at radius 3 is 2.27 bits per heavy atom. The normalized spacial score (nSPS) is 20.7. The Kier molecular flexibility index (Phi) is 4.59. The van der Waals surface area contributed by atoms with Crippen molar-refractivity contribution in [2.24, 2.45) is 0 Å². The summed E-state index contributed by atoms with van der Waals surface area (Å²) in [7, 11) is 0. The van der Waals surface area contributed by atoms with Gasteiger partial charge in [0.2, 0.25) is 5.43 Å². The van der Waals surface area contributed by atoms with E-state index in [2.05, 4.69) is 5.10 Å². The maximum Gasteiger partial charge on any atom is 0.276 e. The lowest BCUT2D eigenvalue weighted by Crippen LogP contribution is -2.58. The molecule has 0 spiro atoms. The molecule has 1 aromatic heterocycles. The molecule has 2 atom stereocenters. The molecule has 1 saturated heterocycles. The maximum atomic E-state index is 13.2. The van der Waals surface area contributed by atoms with E-state index in [1.54, 1.807) is 4.90 Å². The van der Waals surface area contributed by atoms with E-state index < -0.39 is 11.2 Å². The average Bonchev–Trinajstić information content (AvgIpc) is 2.80. The molecular weight excluding hydrogens is 382 g/mol. The molecule has 2 unspecified atom stereocenters. The fourth-order valence-electron chi connectivity index (χ4n) is 4.61. The summed E-state index contributed by atoms with van der Waals surface area (Å²) in [6.07, 6.45) is 1.07. The van der Waals surface area contributed by atoms with Gasteiger partial charge in [0, 0.05) is 12.5 Å². The van der Waals surface area contributed by atoms with Crippen LogP contribution < -0.4 is 5.43 Å². The third-order valence-electron chi connectivity index (χ3n) is 5.95. The number of nitrogens with zero attached hydrogens (tertiary/aromatic N) is 3. The number of aromatic hydroxyl groups is 1. The number of ether oxygens (including phenoxy) is 1. The van der Waals surface area contributed by atoms with Crippen LogP contribution in [0.1, 0.15) is 33.6 Å². The van der Waals surface area contributed by atoms with Crippen LogP contribution in [0.25, 0.3) is 0 Å². The Balaban J connectivity index is 1.77. The Hall–Kier alpha value is -3.45. The zero-order chi connectivity index (χ0) is 20.7. The molecule has 0 bridgehead atoms. The molecule has 1 fully saturated rings. The van der Waals surface area contributed by atoms with Crippen molar-refractivity contribution < 1.29 is 14.6 Å². The molecule has 7 nitrogen and oxygen atoms in total. The largest absolute Gasteiger partial charge is 0.502 e. The van der Waals surface area contributed by atoms with Gasteiger partial charge in [0.15, 0.2) is 11.4 Å². The van der Waals surface area contributed by atoms with Gasteiger partial charge in [0.25, 0.3) is 5.91 Å². The lowest BCUT2D eigenvalue weighted by Gasteiger charge is -2.47. The first-order valence-corrected chi connectivity index (χ1v) is 9.96. The topological polar surface area (TPSA) is 84.7 Å². The highest BCUT2D eigenvalue weighted by Crippen LogP contribution is 2.43. The van der Waals surface area contributed by atoms with Crippen LogP contribution in [0, 0.1) is 0 Å². The van der Waals surface area contributed by atoms with Crippen molar-refractivity contribution in [3.63, 3.8) is 0 Å². The molecule has 0 saturated carbocycles. The monoisotopic (exact) mass is 403 g/mol. The van der Waals surface area contributed by atoms with Crippen molar-refractivity contribution in [2.75, 3.05) is 19.8 Å². The second-order valence-corrected chi connectivity index (χ2v) is 7.58. The van der Waals surface area contributed by atoms with Crippen molar-refractivity contribution in [3.05, 3.63) is 93.9 Å². The molecule has 3 aromatic rings. The van der Waals surface area contributed by atoms with Crippen molar-refractivity contribution in [2.45, 2.75) is 18.0 Å². The van der Waals surface area contributed by atoms with Gasteiger partial charge >= 0.3 is 0 Å². The molecule has 2 aliphatic heterocycles. The van der Waals surface area contributed by atoms with Crippen molar-refractivity contribution in [3.8, 4) is 5.75 Å². The van der Waals surface area contributed by atoms with Gasteiger partial charge in [-0.05, 0) is 11.1 Å². The van der Waals surface area contributed by atoms with Crippen molar-refractivity contribution in [1.29, 1.82) is 0 Å². The van der Waals surface area contributed by atoms with Gasteiger partial charge < -0.3 is 14.7 Å². The van der Waals surface area contributed by atoms with Gasteiger partial charge in [0.05, 0.1) is 31.5 Å². The Labute approximate surface area is 173 Å². The molecule has 1 amide bonds. The SMILES string of the molecule is O=C1c2c(O)c(=O)cnn2C(C(c2ccccc2)c2ccccc2)C2COCCN12. The van der Waals surface area contributed by atoms with E-state index in [9.17, 15) is 14.7 Å².